The number of pyridine rings is 1. The van der Waals surface area contributed by atoms with Crippen LogP contribution in [-0.4, -0.2) is 17.3 Å². The van der Waals surface area contributed by atoms with Gasteiger partial charge in [0, 0.05) is 0 Å². The number of aromatic nitrogens is 1. The number of nitrogens with zero attached hydrogens (tertiary/aromatic N) is 1. The molecule has 0 saturated heterocycles. The van der Waals surface area contributed by atoms with Crippen LogP contribution in [-0.2, 0) is 0 Å². The predicted molar refractivity (Wildman–Crippen MR) is 50.3 cm³/mol. The Morgan fingerprint density at radius 1 is 1.67 bits per heavy atom. The molecule has 4 nitrogen and oxygen atoms in total. The Kier molecular flexibility index (Phi) is 3.41. The Morgan fingerprint density at radius 2 is 2.27 bits per heavy atom. The summed E-state index contributed by atoms with van der Waals surface area (Å²) in [5.74, 6) is -0.180. The van der Waals surface area contributed by atoms with Gasteiger partial charge < -0.3 is 10.5 Å². The van der Waals surface area contributed by atoms with Crippen LogP contribution in [0.5, 0.6) is 5.75 Å². The van der Waals surface area contributed by atoms with Crippen molar-refractivity contribution in [3.8, 4) is 5.75 Å². The maximum absolute atomic E-state index is 12.5. The van der Waals surface area contributed by atoms with Crippen molar-refractivity contribution in [1.82, 2.24) is 4.98 Å². The number of halogens is 3. The van der Waals surface area contributed by atoms with Crippen molar-refractivity contribution in [1.29, 1.82) is 0 Å². The first-order chi connectivity index (χ1) is 6.99. The number of methoxy groups -OCH3 is 1. The Morgan fingerprint density at radius 3 is 2.67 bits per heavy atom. The molecule has 1 aromatic rings. The molecule has 0 aliphatic rings. The summed E-state index contributed by atoms with van der Waals surface area (Å²) in [6.45, 7) is 0. The lowest BCUT2D eigenvalue weighted by atomic mass is 10.1. The first-order valence-corrected chi connectivity index (χ1v) is 4.17. The minimum absolute atomic E-state index is 0.0223. The fourth-order valence-corrected chi connectivity index (χ4v) is 1.28. The maximum Gasteiger partial charge on any atom is 0.281 e. The zero-order chi connectivity index (χ0) is 11.6. The van der Waals surface area contributed by atoms with Crippen molar-refractivity contribution >= 4 is 22.5 Å². The van der Waals surface area contributed by atoms with E-state index in [0.29, 0.717) is 0 Å². The number of nitrogen functional groups attached to an aromatic ring is 1. The van der Waals surface area contributed by atoms with Gasteiger partial charge in [-0.05, 0) is 11.6 Å². The van der Waals surface area contributed by atoms with Gasteiger partial charge in [-0.1, -0.05) is 0 Å². The maximum atomic E-state index is 12.5. The van der Waals surface area contributed by atoms with Crippen LogP contribution < -0.4 is 10.5 Å². The second-order valence-corrected chi connectivity index (χ2v) is 2.92. The summed E-state index contributed by atoms with van der Waals surface area (Å²) in [5, 5.41) is -1.08. The van der Waals surface area contributed by atoms with E-state index in [-0.39, 0.29) is 11.4 Å². The molecule has 0 unspecified atom stereocenters. The number of nitrogens with two attached hydrogens (primary N) is 1. The summed E-state index contributed by atoms with van der Waals surface area (Å²) < 4.78 is 29.7. The minimum Gasteiger partial charge on any atom is -0.494 e. The normalized spacial score (nSPS) is 10.5. The lowest BCUT2D eigenvalue weighted by Gasteiger charge is -2.11. The number of hydrogen-bond donors (Lipinski definition) is 1. The summed E-state index contributed by atoms with van der Waals surface area (Å²) in [5.41, 5.74) is 4.15. The molecule has 0 aliphatic heterocycles. The highest BCUT2D eigenvalue weighted by atomic mass is 35.5. The van der Waals surface area contributed by atoms with Crippen LogP contribution in [0.3, 0.4) is 0 Å². The molecule has 0 radical (unpaired) electrons. The van der Waals surface area contributed by atoms with E-state index in [1.165, 1.54) is 7.11 Å². The SMILES string of the molecule is COc1c(N)cnc(C(F)F)c1C(=O)Cl. The third kappa shape index (κ3) is 2.15. The van der Waals surface area contributed by atoms with Crippen LogP contribution in [0, 0.1) is 0 Å². The minimum atomic E-state index is -2.92. The molecular formula is C8H7ClF2N2O2. The second-order valence-electron chi connectivity index (χ2n) is 2.58. The quantitative estimate of drug-likeness (QED) is 0.815. The first kappa shape index (κ1) is 11.6. The molecule has 0 aliphatic carbocycles. The van der Waals surface area contributed by atoms with E-state index in [1.54, 1.807) is 0 Å². The fourth-order valence-electron chi connectivity index (χ4n) is 1.10. The van der Waals surface area contributed by atoms with Gasteiger partial charge in [0.15, 0.2) is 5.75 Å². The summed E-state index contributed by atoms with van der Waals surface area (Å²) in [6.07, 6.45) is -1.93. The smallest absolute Gasteiger partial charge is 0.281 e. The van der Waals surface area contributed by atoms with E-state index in [2.05, 4.69) is 4.98 Å². The number of hydrogen-bond acceptors (Lipinski definition) is 4. The summed E-state index contributed by atoms with van der Waals surface area (Å²) >= 11 is 5.16. The van der Waals surface area contributed by atoms with E-state index in [1.807, 2.05) is 0 Å². The molecule has 15 heavy (non-hydrogen) atoms. The molecule has 1 aromatic heterocycles. The van der Waals surface area contributed by atoms with Crippen molar-refractivity contribution < 1.29 is 18.3 Å². The molecule has 7 heteroatoms. The lowest BCUT2D eigenvalue weighted by Crippen LogP contribution is -2.07. The molecule has 1 heterocycles. The van der Waals surface area contributed by atoms with E-state index >= 15 is 0 Å². The summed E-state index contributed by atoms with van der Waals surface area (Å²) in [4.78, 5) is 14.3. The third-order valence-electron chi connectivity index (χ3n) is 1.70. The van der Waals surface area contributed by atoms with Crippen LogP contribution in [0.25, 0.3) is 0 Å². The summed E-state index contributed by atoms with van der Waals surface area (Å²) in [6, 6.07) is 0. The summed E-state index contributed by atoms with van der Waals surface area (Å²) in [7, 11) is 1.20. The molecule has 1 rings (SSSR count). The first-order valence-electron chi connectivity index (χ1n) is 3.79. The predicted octanol–water partition coefficient (Wildman–Crippen LogP) is 1.99. The fraction of sp³-hybridized carbons (Fsp3) is 0.250. The van der Waals surface area contributed by atoms with Gasteiger partial charge in [0.2, 0.25) is 0 Å². The molecule has 0 fully saturated rings. The number of carbonyl (C=O) groups excluding carboxylic acids is 1. The van der Waals surface area contributed by atoms with Crippen molar-refractivity contribution in [2.75, 3.05) is 12.8 Å². The number of carbonyl (C=O) groups is 1. The van der Waals surface area contributed by atoms with Gasteiger partial charge in [0.1, 0.15) is 11.3 Å². The molecule has 0 atom stereocenters. The highest BCUT2D eigenvalue weighted by Crippen LogP contribution is 2.33. The van der Waals surface area contributed by atoms with Crippen molar-refractivity contribution in [2.24, 2.45) is 0 Å². The average Bonchev–Trinajstić information content (AvgIpc) is 2.16. The molecule has 82 valence electrons. The topological polar surface area (TPSA) is 65.2 Å². The van der Waals surface area contributed by atoms with Crippen LogP contribution in [0.2, 0.25) is 0 Å². The molecule has 0 spiro atoms. The van der Waals surface area contributed by atoms with Gasteiger partial charge in [0.25, 0.3) is 11.7 Å². The highest BCUT2D eigenvalue weighted by molar-refractivity contribution is 6.68. The van der Waals surface area contributed by atoms with Crippen molar-refractivity contribution in [3.05, 3.63) is 17.5 Å². The van der Waals surface area contributed by atoms with Crippen LogP contribution >= 0.6 is 11.6 Å². The molecule has 0 bridgehead atoms. The monoisotopic (exact) mass is 236 g/mol. The van der Waals surface area contributed by atoms with E-state index in [4.69, 9.17) is 22.1 Å². The number of alkyl halides is 2. The molecule has 2 N–H and O–H groups in total. The second kappa shape index (κ2) is 4.39. The Balaban J connectivity index is 3.49. The van der Waals surface area contributed by atoms with Gasteiger partial charge in [-0.15, -0.1) is 0 Å². The number of rotatable bonds is 3. The lowest BCUT2D eigenvalue weighted by molar-refractivity contribution is 0.105. The van der Waals surface area contributed by atoms with Crippen molar-refractivity contribution in [2.45, 2.75) is 6.43 Å². The Hall–Kier alpha value is -1.43. The van der Waals surface area contributed by atoms with E-state index in [0.717, 1.165) is 6.20 Å². The molecule has 0 saturated carbocycles. The van der Waals surface area contributed by atoms with Gasteiger partial charge in [-0.2, -0.15) is 0 Å². The number of anilines is 1. The van der Waals surface area contributed by atoms with E-state index < -0.39 is 22.9 Å². The van der Waals surface area contributed by atoms with E-state index in [9.17, 15) is 13.6 Å². The Labute approximate surface area is 89.0 Å². The van der Waals surface area contributed by atoms with Crippen LogP contribution in [0.15, 0.2) is 6.20 Å². The largest absolute Gasteiger partial charge is 0.494 e. The van der Waals surface area contributed by atoms with Gasteiger partial charge in [-0.3, -0.25) is 9.78 Å². The zero-order valence-corrected chi connectivity index (χ0v) is 8.39. The molecule has 0 aromatic carbocycles. The van der Waals surface area contributed by atoms with Crippen LogP contribution in [0.4, 0.5) is 14.5 Å². The highest BCUT2D eigenvalue weighted by Gasteiger charge is 2.24. The molecular weight excluding hydrogens is 230 g/mol. The van der Waals surface area contributed by atoms with Crippen LogP contribution in [0.1, 0.15) is 22.5 Å². The third-order valence-corrected chi connectivity index (χ3v) is 1.88. The van der Waals surface area contributed by atoms with Gasteiger partial charge in [0.05, 0.1) is 19.0 Å². The Bertz CT molecular complexity index is 398. The van der Waals surface area contributed by atoms with Gasteiger partial charge in [-0.25, -0.2) is 8.78 Å². The van der Waals surface area contributed by atoms with Crippen molar-refractivity contribution in [3.63, 3.8) is 0 Å². The standard InChI is InChI=1S/C8H7ClF2N2O2/c1-15-6-3(12)2-13-5(8(10)11)4(6)7(9)14/h2,8H,12H2,1H3. The molecule has 0 amide bonds. The number of ether oxygens (including phenoxy) is 1. The van der Waals surface area contributed by atoms with Gasteiger partial charge >= 0.3 is 0 Å². The zero-order valence-electron chi connectivity index (χ0n) is 7.63. The average molecular weight is 237 g/mol.